The van der Waals surface area contributed by atoms with Crippen molar-refractivity contribution < 1.29 is 86.4 Å². The molecule has 3 amide bonds. The fourth-order valence-electron chi connectivity index (χ4n) is 7.59. The van der Waals surface area contributed by atoms with Crippen molar-refractivity contribution in [1.29, 1.82) is 0 Å². The van der Waals surface area contributed by atoms with Gasteiger partial charge in [-0.1, -0.05) is 24.3 Å². The third-order valence-corrected chi connectivity index (χ3v) is 11.1. The van der Waals surface area contributed by atoms with E-state index < -0.39 is 102 Å². The Labute approximate surface area is 385 Å². The number of aryl methyl sites for hydroxylation is 2. The van der Waals surface area contributed by atoms with Crippen LogP contribution in [0.25, 0.3) is 12.2 Å². The smallest absolute Gasteiger partial charge is 0.416 e. The summed E-state index contributed by atoms with van der Waals surface area (Å²) in [5.74, 6) is -1.41. The number of nitrogens with one attached hydrogen (secondary N) is 1. The molecule has 0 fully saturated rings. The largest absolute Gasteiger partial charge is 0.478 e. The van der Waals surface area contributed by atoms with Crippen molar-refractivity contribution in [2.75, 3.05) is 21.1 Å². The highest BCUT2D eigenvalue weighted by Crippen LogP contribution is 2.40. The highest BCUT2D eigenvalue weighted by molar-refractivity contribution is 5.91. The summed E-state index contributed by atoms with van der Waals surface area (Å²) >= 11 is 0. The Bertz CT molecular complexity index is 2560. The number of benzene rings is 4. The summed E-state index contributed by atoms with van der Waals surface area (Å²) in [5.41, 5.74) is -2.00. The van der Waals surface area contributed by atoms with E-state index in [0.717, 1.165) is 33.9 Å². The summed E-state index contributed by atoms with van der Waals surface area (Å²) in [6.07, 6.45) is -14.1. The van der Waals surface area contributed by atoms with Crippen LogP contribution >= 0.6 is 0 Å². The number of ether oxygens (including phenoxy) is 2. The van der Waals surface area contributed by atoms with Crippen molar-refractivity contribution in [2.45, 2.75) is 75.7 Å². The van der Waals surface area contributed by atoms with Gasteiger partial charge in [0.25, 0.3) is 0 Å². The first-order valence-corrected chi connectivity index (χ1v) is 20.5. The molecule has 2 N–H and O–H groups in total. The lowest BCUT2D eigenvalue weighted by Gasteiger charge is -2.25. The highest BCUT2D eigenvalue weighted by Gasteiger charge is 2.39. The van der Waals surface area contributed by atoms with E-state index in [1.54, 1.807) is 24.3 Å². The number of halogens is 12. The molecule has 0 heterocycles. The van der Waals surface area contributed by atoms with Crippen LogP contribution in [0.1, 0.15) is 91.7 Å². The van der Waals surface area contributed by atoms with Gasteiger partial charge in [-0.2, -0.15) is 52.7 Å². The Kier molecular flexibility index (Phi) is 16.2. The van der Waals surface area contributed by atoms with E-state index in [2.05, 4.69) is 5.32 Å². The van der Waals surface area contributed by atoms with Crippen LogP contribution in [0.2, 0.25) is 0 Å². The van der Waals surface area contributed by atoms with E-state index in [0.29, 0.717) is 55.5 Å². The first-order chi connectivity index (χ1) is 32.0. The van der Waals surface area contributed by atoms with Crippen LogP contribution in [0, 0.1) is 0 Å². The molecule has 69 heavy (non-hydrogen) atoms. The maximum atomic E-state index is 13.0. The van der Waals surface area contributed by atoms with Gasteiger partial charge < -0.3 is 29.7 Å². The Balaban J connectivity index is 0.000000258. The number of alkyl halides is 12. The third-order valence-electron chi connectivity index (χ3n) is 11.1. The molecule has 370 valence electrons. The van der Waals surface area contributed by atoms with Gasteiger partial charge in [0, 0.05) is 33.3 Å². The molecular weight excluding hydrogens is 947 g/mol. The summed E-state index contributed by atoms with van der Waals surface area (Å²) in [6, 6.07) is 12.0. The number of carboxylic acids is 1. The van der Waals surface area contributed by atoms with E-state index in [4.69, 9.17) is 14.6 Å². The number of carbonyl (C=O) groups excluding carboxylic acids is 3. The SMILES string of the molecule is CN(C(=O)OCc1cc(C(F)(F)F)cc(C(F)(F)F)c1)C1CCc2ccc(/C=C/C(=O)O)cc21.CNC(=O)/C=C/c1ccc2c(c1)C(N(C)C(=O)OCc1cc(C(F)(F)F)cc(C(F)(F)F)c1)CC2. The predicted octanol–water partition coefficient (Wildman–Crippen LogP) is 11.8. The van der Waals surface area contributed by atoms with E-state index in [1.165, 1.54) is 43.1 Å². The minimum absolute atomic E-state index is 0.00327. The van der Waals surface area contributed by atoms with Gasteiger partial charge in [-0.3, -0.25) is 4.79 Å². The van der Waals surface area contributed by atoms with Gasteiger partial charge in [0.1, 0.15) is 13.2 Å². The van der Waals surface area contributed by atoms with E-state index in [1.807, 2.05) is 18.2 Å². The molecule has 0 bridgehead atoms. The van der Waals surface area contributed by atoms with E-state index >= 15 is 0 Å². The standard InChI is InChI=1S/C24H22F6N2O3.C23H19F6NO4/c1-31-21(33)8-4-14-3-5-16-6-7-20(19(16)11-14)32(2)22(34)35-13-15-9-17(23(25,26)27)12-18(10-15)24(28,29)30;1-30(19-6-5-15-4-2-13(10-18(15)19)3-7-20(31)32)21(33)34-12-14-8-16(22(24,25)26)11-17(9-14)23(27,28)29/h3-5,8-12,20H,6-7,13H2,1-2H3,(H,31,33);2-4,7-11,19H,5-6,12H2,1H3,(H,31,32)/b8-4+;7-3+. The first-order valence-electron chi connectivity index (χ1n) is 20.5. The number of hydrogen-bond donors (Lipinski definition) is 2. The normalized spacial score (nSPS) is 15.8. The van der Waals surface area contributed by atoms with Crippen molar-refractivity contribution in [3.8, 4) is 0 Å². The Morgan fingerprint density at radius 2 is 0.928 bits per heavy atom. The highest BCUT2D eigenvalue weighted by atomic mass is 19.4. The van der Waals surface area contributed by atoms with Gasteiger partial charge in [-0.25, -0.2) is 14.4 Å². The van der Waals surface area contributed by atoms with Crippen molar-refractivity contribution in [3.63, 3.8) is 0 Å². The monoisotopic (exact) mass is 987 g/mol. The Morgan fingerprint density at radius 3 is 1.25 bits per heavy atom. The number of carboxylic acid groups (broad SMARTS) is 1. The molecule has 0 spiro atoms. The molecule has 2 unspecified atom stereocenters. The van der Waals surface area contributed by atoms with Gasteiger partial charge in [0.05, 0.1) is 34.3 Å². The molecule has 22 heteroatoms. The maximum Gasteiger partial charge on any atom is 0.416 e. The maximum absolute atomic E-state index is 13.0. The molecule has 0 saturated carbocycles. The average Bonchev–Trinajstić information content (AvgIpc) is 3.91. The summed E-state index contributed by atoms with van der Waals surface area (Å²) in [6.45, 7) is -1.54. The number of aliphatic carboxylic acids is 1. The molecule has 10 nitrogen and oxygen atoms in total. The topological polar surface area (TPSA) is 125 Å². The van der Waals surface area contributed by atoms with Crippen LogP contribution in [0.3, 0.4) is 0 Å². The zero-order chi connectivity index (χ0) is 51.2. The average molecular weight is 988 g/mol. The molecule has 4 aromatic rings. The Hall–Kier alpha value is -7.00. The number of rotatable bonds is 10. The molecule has 0 radical (unpaired) electrons. The minimum Gasteiger partial charge on any atom is -0.478 e. The summed E-state index contributed by atoms with van der Waals surface area (Å²) in [4.78, 5) is 49.8. The number of amides is 3. The van der Waals surface area contributed by atoms with Crippen LogP contribution in [-0.2, 0) is 69.8 Å². The molecular formula is C47H41F12N3O7. The molecule has 2 atom stereocenters. The molecule has 6 rings (SSSR count). The first kappa shape index (κ1) is 53.0. The van der Waals surface area contributed by atoms with Crippen molar-refractivity contribution in [3.05, 3.63) is 152 Å². The third kappa shape index (κ3) is 14.0. The van der Waals surface area contributed by atoms with E-state index in [9.17, 15) is 71.9 Å². The lowest BCUT2D eigenvalue weighted by molar-refractivity contribution is -0.144. The quantitative estimate of drug-likeness (QED) is 0.120. The minimum atomic E-state index is -5.00. The van der Waals surface area contributed by atoms with Crippen LogP contribution in [-0.4, -0.2) is 60.1 Å². The van der Waals surface area contributed by atoms with Crippen molar-refractivity contribution in [1.82, 2.24) is 15.1 Å². The molecule has 4 aromatic carbocycles. The molecule has 0 saturated heterocycles. The van der Waals surface area contributed by atoms with E-state index in [-0.39, 0.29) is 18.0 Å². The van der Waals surface area contributed by atoms with Crippen LogP contribution in [0.5, 0.6) is 0 Å². The summed E-state index contributed by atoms with van der Waals surface area (Å²) < 4.78 is 166. The summed E-state index contributed by atoms with van der Waals surface area (Å²) in [5, 5.41) is 11.2. The second-order valence-corrected chi connectivity index (χ2v) is 15.8. The molecule has 2 aliphatic carbocycles. The second kappa shape index (κ2) is 21.1. The predicted molar refractivity (Wildman–Crippen MR) is 224 cm³/mol. The lowest BCUT2D eigenvalue weighted by Crippen LogP contribution is -2.30. The zero-order valence-electron chi connectivity index (χ0n) is 36.5. The number of hydrogen-bond acceptors (Lipinski definition) is 6. The van der Waals surface area contributed by atoms with Gasteiger partial charge in [-0.15, -0.1) is 0 Å². The molecule has 0 aromatic heterocycles. The number of likely N-dealkylation sites (N-methyl/N-ethyl adjacent to an activating group) is 1. The number of nitrogens with zero attached hydrogens (tertiary/aromatic N) is 2. The van der Waals surface area contributed by atoms with Crippen LogP contribution < -0.4 is 5.32 Å². The molecule has 0 aliphatic heterocycles. The van der Waals surface area contributed by atoms with Crippen molar-refractivity contribution in [2.24, 2.45) is 0 Å². The fourth-order valence-corrected chi connectivity index (χ4v) is 7.59. The van der Waals surface area contributed by atoms with Crippen molar-refractivity contribution >= 4 is 36.2 Å². The summed E-state index contributed by atoms with van der Waals surface area (Å²) in [7, 11) is 4.35. The van der Waals surface area contributed by atoms with Gasteiger partial charge >= 0.3 is 42.9 Å². The Morgan fingerprint density at radius 1 is 0.580 bits per heavy atom. The second-order valence-electron chi connectivity index (χ2n) is 15.8. The zero-order valence-corrected chi connectivity index (χ0v) is 36.5. The number of carbonyl (C=O) groups is 4. The molecule has 2 aliphatic rings. The van der Waals surface area contributed by atoms with Crippen LogP contribution in [0.15, 0.2) is 84.9 Å². The van der Waals surface area contributed by atoms with Gasteiger partial charge in [0.2, 0.25) is 5.91 Å². The van der Waals surface area contributed by atoms with Gasteiger partial charge in [0.15, 0.2) is 0 Å². The number of fused-ring (bicyclic) bond motifs is 2. The van der Waals surface area contributed by atoms with Crippen LogP contribution in [0.4, 0.5) is 62.3 Å². The fraction of sp³-hybridized carbons (Fsp3) is 0.319. The lowest BCUT2D eigenvalue weighted by atomic mass is 10.0. The van der Waals surface area contributed by atoms with Gasteiger partial charge in [-0.05, 0) is 131 Å².